The molecule has 2 rings (SSSR count). The van der Waals surface area contributed by atoms with Crippen LogP contribution in [0.3, 0.4) is 0 Å². The van der Waals surface area contributed by atoms with E-state index in [1.54, 1.807) is 14.2 Å². The van der Waals surface area contributed by atoms with Crippen molar-refractivity contribution < 1.29 is 9.47 Å². The standard InChI is InChI=1S/C9H13OPS.C8H10OPS/c1-10-8-4-6-9(7-5-8)11(2,3)12;1-9-7-3-5-8(6-4-7)10(2)11/h4-7H,1-3H3;3-6H,1-2H3/q;+1. The highest BCUT2D eigenvalue weighted by atomic mass is 32.4. The van der Waals surface area contributed by atoms with Crippen molar-refractivity contribution in [2.45, 2.75) is 0 Å². The zero-order valence-corrected chi connectivity index (χ0v) is 17.6. The number of rotatable bonds is 4. The first-order valence-corrected chi connectivity index (χ1v) is 13.5. The van der Waals surface area contributed by atoms with Crippen molar-refractivity contribution in [3.05, 3.63) is 48.5 Å². The highest BCUT2D eigenvalue weighted by Gasteiger charge is 2.05. The molecule has 0 aromatic heterocycles. The fourth-order valence-corrected chi connectivity index (χ4v) is 3.90. The molecule has 0 amide bonds. The molecule has 0 N–H and O–H groups in total. The number of ether oxygens (including phenoxy) is 2. The smallest absolute Gasteiger partial charge is 0.209 e. The molecule has 0 fully saturated rings. The van der Waals surface area contributed by atoms with E-state index in [1.807, 2.05) is 36.4 Å². The second-order valence-corrected chi connectivity index (χ2v) is 14.4. The summed E-state index contributed by atoms with van der Waals surface area (Å²) in [4.78, 5) is 0. The van der Waals surface area contributed by atoms with Gasteiger partial charge in [-0.1, -0.05) is 23.9 Å². The van der Waals surface area contributed by atoms with Crippen molar-refractivity contribution in [2.75, 3.05) is 34.2 Å². The molecule has 2 aromatic rings. The van der Waals surface area contributed by atoms with Gasteiger partial charge >= 0.3 is 0 Å². The summed E-state index contributed by atoms with van der Waals surface area (Å²) in [6.45, 7) is 5.94. The van der Waals surface area contributed by atoms with E-state index in [0.717, 1.165) is 11.5 Å². The van der Waals surface area contributed by atoms with Crippen LogP contribution in [0, 0.1) is 0 Å². The molecule has 0 saturated heterocycles. The fourth-order valence-electron chi connectivity index (χ4n) is 1.73. The molecule has 124 valence electrons. The van der Waals surface area contributed by atoms with Crippen molar-refractivity contribution in [3.8, 4) is 11.5 Å². The Kier molecular flexibility index (Phi) is 8.36. The Morgan fingerprint density at radius 1 is 0.826 bits per heavy atom. The molecule has 0 saturated carbocycles. The lowest BCUT2D eigenvalue weighted by atomic mass is 10.3. The van der Waals surface area contributed by atoms with Crippen LogP contribution in [-0.2, 0) is 23.6 Å². The number of hydrogen-bond acceptors (Lipinski definition) is 4. The second kappa shape index (κ2) is 9.49. The minimum absolute atomic E-state index is 0.385. The molecule has 1 unspecified atom stereocenters. The highest BCUT2D eigenvalue weighted by molar-refractivity contribution is 8.17. The summed E-state index contributed by atoms with van der Waals surface area (Å²) >= 11 is 10.6. The Morgan fingerprint density at radius 3 is 1.52 bits per heavy atom. The van der Waals surface area contributed by atoms with Crippen molar-refractivity contribution in [2.24, 2.45) is 0 Å². The molecule has 0 radical (unpaired) electrons. The van der Waals surface area contributed by atoms with E-state index in [4.69, 9.17) is 33.1 Å². The Labute approximate surface area is 150 Å². The van der Waals surface area contributed by atoms with Crippen molar-refractivity contribution in [3.63, 3.8) is 0 Å². The van der Waals surface area contributed by atoms with E-state index in [1.165, 1.54) is 10.6 Å². The minimum atomic E-state index is -1.27. The van der Waals surface area contributed by atoms with E-state index in [9.17, 15) is 0 Å². The lowest BCUT2D eigenvalue weighted by Gasteiger charge is -2.10. The third kappa shape index (κ3) is 7.10. The summed E-state index contributed by atoms with van der Waals surface area (Å²) < 4.78 is 10.1. The van der Waals surface area contributed by atoms with Crippen LogP contribution in [0.4, 0.5) is 0 Å². The van der Waals surface area contributed by atoms with Crippen molar-refractivity contribution >= 4 is 47.0 Å². The van der Waals surface area contributed by atoms with Gasteiger partial charge in [-0.2, -0.15) is 0 Å². The lowest BCUT2D eigenvalue weighted by Crippen LogP contribution is -2.01. The average Bonchev–Trinajstić information content (AvgIpc) is 2.54. The van der Waals surface area contributed by atoms with E-state index in [2.05, 4.69) is 32.1 Å². The van der Waals surface area contributed by atoms with Gasteiger partial charge < -0.3 is 9.47 Å². The van der Waals surface area contributed by atoms with Crippen LogP contribution in [0.1, 0.15) is 0 Å². The van der Waals surface area contributed by atoms with Gasteiger partial charge in [0.2, 0.25) is 6.70 Å². The van der Waals surface area contributed by atoms with Gasteiger partial charge in [-0.3, -0.25) is 0 Å². The van der Waals surface area contributed by atoms with E-state index in [0.29, 0.717) is 0 Å². The minimum Gasteiger partial charge on any atom is -0.497 e. The molecule has 0 bridgehead atoms. The van der Waals surface area contributed by atoms with Gasteiger partial charge in [0.05, 0.1) is 14.2 Å². The van der Waals surface area contributed by atoms with Crippen molar-refractivity contribution in [1.29, 1.82) is 0 Å². The van der Waals surface area contributed by atoms with Crippen LogP contribution in [0.15, 0.2) is 48.5 Å². The molecule has 23 heavy (non-hydrogen) atoms. The maximum atomic E-state index is 5.40. The lowest BCUT2D eigenvalue weighted by molar-refractivity contribution is 0.415. The van der Waals surface area contributed by atoms with Crippen LogP contribution >= 0.6 is 12.7 Å². The zero-order chi connectivity index (χ0) is 17.5. The molecule has 0 aliphatic carbocycles. The maximum absolute atomic E-state index is 5.40. The van der Waals surface area contributed by atoms with E-state index >= 15 is 0 Å². The first-order chi connectivity index (χ1) is 10.8. The average molecular weight is 385 g/mol. The SMILES string of the molecule is COc1ccc(P(C)(C)=S)cc1.COc1ccc([P+](C)=S)cc1. The third-order valence-electron chi connectivity index (χ3n) is 3.13. The highest BCUT2D eigenvalue weighted by Crippen LogP contribution is 2.35. The summed E-state index contributed by atoms with van der Waals surface area (Å²) in [6.07, 6.45) is 0. The van der Waals surface area contributed by atoms with Gasteiger partial charge in [0, 0.05) is 0 Å². The Balaban J connectivity index is 0.000000231. The van der Waals surface area contributed by atoms with Gasteiger partial charge in [-0.05, 0) is 61.1 Å². The molecule has 0 aliphatic heterocycles. The summed E-state index contributed by atoms with van der Waals surface area (Å²) in [5, 5.41) is 2.49. The number of benzene rings is 2. The van der Waals surface area contributed by atoms with Crippen LogP contribution in [0.25, 0.3) is 0 Å². The van der Waals surface area contributed by atoms with Gasteiger partial charge in [-0.15, -0.1) is 0 Å². The van der Waals surface area contributed by atoms with Gasteiger partial charge in [0.25, 0.3) is 0 Å². The normalized spacial score (nSPS) is 11.1. The Bertz CT molecular complexity index is 677. The van der Waals surface area contributed by atoms with Gasteiger partial charge in [-0.25, -0.2) is 0 Å². The Hall–Kier alpha value is -0.790. The van der Waals surface area contributed by atoms with E-state index in [-0.39, 0.29) is 6.70 Å². The second-order valence-electron chi connectivity index (χ2n) is 5.24. The predicted molar refractivity (Wildman–Crippen MR) is 112 cm³/mol. The third-order valence-corrected chi connectivity index (χ3v) is 6.96. The first kappa shape index (κ1) is 20.3. The molecule has 0 aliphatic rings. The van der Waals surface area contributed by atoms with E-state index < -0.39 is 6.04 Å². The van der Waals surface area contributed by atoms with Crippen LogP contribution in [-0.4, -0.2) is 34.2 Å². The van der Waals surface area contributed by atoms with Gasteiger partial charge in [0.1, 0.15) is 18.2 Å². The molecular formula is C17H23O2P2S2+. The molecule has 2 aromatic carbocycles. The molecule has 0 spiro atoms. The quantitative estimate of drug-likeness (QED) is 0.742. The molecule has 6 heteroatoms. The first-order valence-electron chi connectivity index (χ1n) is 7.02. The zero-order valence-electron chi connectivity index (χ0n) is 14.1. The summed E-state index contributed by atoms with van der Waals surface area (Å²) in [6, 6.07) is 14.7. The number of hydrogen-bond donors (Lipinski definition) is 0. The molecular weight excluding hydrogens is 362 g/mol. The predicted octanol–water partition coefficient (Wildman–Crippen LogP) is 3.95. The summed E-state index contributed by atoms with van der Waals surface area (Å²) in [7, 11) is 3.33. The fraction of sp³-hybridized carbons (Fsp3) is 0.294. The monoisotopic (exact) mass is 385 g/mol. The largest absolute Gasteiger partial charge is 0.497 e. The Morgan fingerprint density at radius 2 is 1.22 bits per heavy atom. The van der Waals surface area contributed by atoms with Crippen molar-refractivity contribution in [1.82, 2.24) is 0 Å². The molecule has 1 atom stereocenters. The number of methoxy groups -OCH3 is 2. The molecule has 0 heterocycles. The van der Waals surface area contributed by atoms with Gasteiger partial charge in [0.15, 0.2) is 17.1 Å². The van der Waals surface area contributed by atoms with Crippen LogP contribution in [0.2, 0.25) is 0 Å². The summed E-state index contributed by atoms with van der Waals surface area (Å²) in [5.41, 5.74) is 0. The molecule has 2 nitrogen and oxygen atoms in total. The summed E-state index contributed by atoms with van der Waals surface area (Å²) in [5.74, 6) is 1.78. The van der Waals surface area contributed by atoms with Crippen LogP contribution < -0.4 is 20.1 Å². The maximum Gasteiger partial charge on any atom is 0.209 e. The topological polar surface area (TPSA) is 18.5 Å². The van der Waals surface area contributed by atoms with Crippen LogP contribution in [0.5, 0.6) is 11.5 Å².